The Labute approximate surface area is 165 Å². The highest BCUT2D eigenvalue weighted by Gasteiger charge is 2.49. The van der Waals surface area contributed by atoms with Crippen molar-refractivity contribution < 1.29 is 23.4 Å². The number of ether oxygens (including phenoxy) is 3. The predicted molar refractivity (Wildman–Crippen MR) is 109 cm³/mol. The van der Waals surface area contributed by atoms with Gasteiger partial charge in [-0.1, -0.05) is 26.8 Å². The first kappa shape index (κ1) is 22.8. The summed E-state index contributed by atoms with van der Waals surface area (Å²) >= 11 is 0. The smallest absolute Gasteiger partial charge is 0.192 e. The first-order valence-electron chi connectivity index (χ1n) is 10.2. The van der Waals surface area contributed by atoms with Gasteiger partial charge in [0.2, 0.25) is 0 Å². The highest BCUT2D eigenvalue weighted by molar-refractivity contribution is 6.74. The van der Waals surface area contributed by atoms with E-state index in [2.05, 4.69) is 39.9 Å². The molecular formula is C21H38O5Si. The number of methoxy groups -OCH3 is 1. The van der Waals surface area contributed by atoms with E-state index in [0.29, 0.717) is 19.1 Å². The van der Waals surface area contributed by atoms with Crippen LogP contribution in [-0.4, -0.2) is 53.4 Å². The second-order valence-electron chi connectivity index (χ2n) is 9.36. The molecule has 2 rings (SSSR count). The van der Waals surface area contributed by atoms with Crippen molar-refractivity contribution in [2.24, 2.45) is 11.8 Å². The van der Waals surface area contributed by atoms with Gasteiger partial charge in [0.1, 0.15) is 6.79 Å². The van der Waals surface area contributed by atoms with E-state index < -0.39 is 8.32 Å². The average molecular weight is 399 g/mol. The van der Waals surface area contributed by atoms with Crippen molar-refractivity contribution in [3.05, 3.63) is 11.6 Å². The molecule has 27 heavy (non-hydrogen) atoms. The third-order valence-electron chi connectivity index (χ3n) is 6.50. The average Bonchev–Trinajstić information content (AvgIpc) is 3.01. The summed E-state index contributed by atoms with van der Waals surface area (Å²) in [5.41, 5.74) is 0.942. The standard InChI is InChI=1S/C21H38O5Si/c1-15(22)16-8-9-17-18(25-14-24-13-12-23-5)10-11-19(20(16)17)26-27(6,7)21(2,3)4/h8,17-20H,9-14H2,1-7H3/t17-,18+,19-,20+/m0/s1. The zero-order chi connectivity index (χ0) is 20.2. The minimum Gasteiger partial charge on any atom is -0.413 e. The molecule has 4 atom stereocenters. The molecule has 2 aliphatic rings. The Morgan fingerprint density at radius 3 is 2.44 bits per heavy atom. The predicted octanol–water partition coefficient (Wildman–Crippen LogP) is 4.33. The third kappa shape index (κ3) is 5.51. The van der Waals surface area contributed by atoms with Crippen LogP contribution in [0.2, 0.25) is 18.1 Å². The molecule has 1 fully saturated rings. The number of carbonyl (C=O) groups excluding carboxylic acids is 1. The quantitative estimate of drug-likeness (QED) is 0.329. The number of ketones is 1. The molecule has 6 heteroatoms. The van der Waals surface area contributed by atoms with Gasteiger partial charge in [0, 0.05) is 13.0 Å². The van der Waals surface area contributed by atoms with Crippen molar-refractivity contribution in [2.45, 2.75) is 77.3 Å². The molecule has 156 valence electrons. The monoisotopic (exact) mass is 398 g/mol. The van der Waals surface area contributed by atoms with Gasteiger partial charge in [-0.25, -0.2) is 0 Å². The maximum Gasteiger partial charge on any atom is 0.192 e. The maximum absolute atomic E-state index is 12.3. The Bertz CT molecular complexity index is 537. The molecule has 0 amide bonds. The largest absolute Gasteiger partial charge is 0.413 e. The SMILES string of the molecule is COCCOCO[C@@H]1CC[C@H](O[Si](C)(C)C(C)(C)C)[C@@H]2C(C(C)=O)=CC[C@H]21. The summed E-state index contributed by atoms with van der Waals surface area (Å²) in [6.45, 7) is 14.4. The molecule has 1 saturated carbocycles. The molecule has 0 aromatic carbocycles. The number of carbonyl (C=O) groups is 1. The molecule has 0 aromatic rings. The number of hydrogen-bond donors (Lipinski definition) is 0. The van der Waals surface area contributed by atoms with Crippen molar-refractivity contribution in [1.29, 1.82) is 0 Å². The second kappa shape index (κ2) is 9.31. The van der Waals surface area contributed by atoms with Gasteiger partial charge in [0.25, 0.3) is 0 Å². The normalized spacial score (nSPS) is 28.8. The molecule has 5 nitrogen and oxygen atoms in total. The summed E-state index contributed by atoms with van der Waals surface area (Å²) in [6.07, 6.45) is 5.12. The first-order valence-corrected chi connectivity index (χ1v) is 13.1. The maximum atomic E-state index is 12.3. The Kier molecular flexibility index (Phi) is 7.85. The Morgan fingerprint density at radius 2 is 1.85 bits per heavy atom. The molecule has 0 N–H and O–H groups in total. The van der Waals surface area contributed by atoms with Crippen LogP contribution in [-0.2, 0) is 23.4 Å². The highest BCUT2D eigenvalue weighted by Crippen LogP contribution is 2.48. The van der Waals surface area contributed by atoms with Gasteiger partial charge in [0.05, 0.1) is 25.4 Å². The summed E-state index contributed by atoms with van der Waals surface area (Å²) in [7, 11) is -0.238. The zero-order valence-electron chi connectivity index (χ0n) is 18.2. The van der Waals surface area contributed by atoms with Crippen LogP contribution < -0.4 is 0 Å². The lowest BCUT2D eigenvalue weighted by molar-refractivity contribution is -0.138. The van der Waals surface area contributed by atoms with Gasteiger partial charge >= 0.3 is 0 Å². The van der Waals surface area contributed by atoms with Crippen LogP contribution in [0.3, 0.4) is 0 Å². The lowest BCUT2D eigenvalue weighted by Crippen LogP contribution is -2.50. The summed E-state index contributed by atoms with van der Waals surface area (Å²) in [5.74, 6) is 0.621. The minimum atomic E-state index is -1.90. The van der Waals surface area contributed by atoms with Crippen LogP contribution in [0.15, 0.2) is 11.6 Å². The van der Waals surface area contributed by atoms with Gasteiger partial charge in [-0.2, -0.15) is 0 Å². The topological polar surface area (TPSA) is 54.0 Å². The molecule has 0 aliphatic heterocycles. The lowest BCUT2D eigenvalue weighted by Gasteiger charge is -2.46. The molecule has 0 saturated heterocycles. The van der Waals surface area contributed by atoms with E-state index >= 15 is 0 Å². The van der Waals surface area contributed by atoms with Crippen LogP contribution in [0.1, 0.15) is 47.0 Å². The molecule has 0 bridgehead atoms. The van der Waals surface area contributed by atoms with Crippen LogP contribution in [0.5, 0.6) is 0 Å². The lowest BCUT2D eigenvalue weighted by atomic mass is 9.74. The first-order chi connectivity index (χ1) is 12.6. The van der Waals surface area contributed by atoms with Crippen molar-refractivity contribution in [2.75, 3.05) is 27.1 Å². The summed E-state index contributed by atoms with van der Waals surface area (Å²) < 4.78 is 23.3. The second-order valence-corrected chi connectivity index (χ2v) is 14.1. The van der Waals surface area contributed by atoms with Crippen LogP contribution in [0.4, 0.5) is 0 Å². The molecule has 2 aliphatic carbocycles. The Morgan fingerprint density at radius 1 is 1.19 bits per heavy atom. The van der Waals surface area contributed by atoms with Crippen molar-refractivity contribution in [3.63, 3.8) is 0 Å². The van der Waals surface area contributed by atoms with Crippen molar-refractivity contribution in [3.8, 4) is 0 Å². The molecular weight excluding hydrogens is 360 g/mol. The molecule has 0 aromatic heterocycles. The van der Waals surface area contributed by atoms with Crippen molar-refractivity contribution >= 4 is 14.1 Å². The van der Waals surface area contributed by atoms with E-state index in [-0.39, 0.29) is 35.7 Å². The molecule has 0 radical (unpaired) electrons. The van der Waals surface area contributed by atoms with E-state index in [0.717, 1.165) is 24.8 Å². The Balaban J connectivity index is 2.07. The van der Waals surface area contributed by atoms with E-state index in [1.807, 2.05) is 0 Å². The number of Topliss-reactive ketones (excluding diaryl/α,β-unsaturated/α-hetero) is 1. The van der Waals surface area contributed by atoms with Crippen LogP contribution >= 0.6 is 0 Å². The zero-order valence-corrected chi connectivity index (χ0v) is 19.2. The van der Waals surface area contributed by atoms with Crippen molar-refractivity contribution in [1.82, 2.24) is 0 Å². The molecule has 0 unspecified atom stereocenters. The van der Waals surface area contributed by atoms with E-state index in [4.69, 9.17) is 18.6 Å². The highest BCUT2D eigenvalue weighted by atomic mass is 28.4. The fraction of sp³-hybridized carbons (Fsp3) is 0.857. The number of allylic oxidation sites excluding steroid dienone is 1. The summed E-state index contributed by atoms with van der Waals surface area (Å²) in [6, 6.07) is 0. The van der Waals surface area contributed by atoms with Gasteiger partial charge < -0.3 is 18.6 Å². The van der Waals surface area contributed by atoms with Gasteiger partial charge in [-0.05, 0) is 55.8 Å². The van der Waals surface area contributed by atoms with E-state index in [1.54, 1.807) is 14.0 Å². The molecule has 0 spiro atoms. The Hall–Kier alpha value is -0.533. The van der Waals surface area contributed by atoms with Crippen LogP contribution in [0, 0.1) is 11.8 Å². The fourth-order valence-corrected chi connectivity index (χ4v) is 5.34. The number of fused-ring (bicyclic) bond motifs is 1. The van der Waals surface area contributed by atoms with E-state index in [1.165, 1.54) is 0 Å². The van der Waals surface area contributed by atoms with Gasteiger partial charge in [-0.3, -0.25) is 4.79 Å². The summed E-state index contributed by atoms with van der Waals surface area (Å²) in [5, 5.41) is 0.156. The van der Waals surface area contributed by atoms with Gasteiger partial charge in [0.15, 0.2) is 14.1 Å². The molecule has 0 heterocycles. The minimum absolute atomic E-state index is 0.114. The van der Waals surface area contributed by atoms with E-state index in [9.17, 15) is 4.79 Å². The third-order valence-corrected chi connectivity index (χ3v) is 11.0. The fourth-order valence-electron chi connectivity index (χ4n) is 3.97. The van der Waals surface area contributed by atoms with Crippen LogP contribution in [0.25, 0.3) is 0 Å². The van der Waals surface area contributed by atoms with Gasteiger partial charge in [-0.15, -0.1) is 0 Å². The number of hydrogen-bond acceptors (Lipinski definition) is 5. The summed E-state index contributed by atoms with van der Waals surface area (Å²) in [4.78, 5) is 12.3. The number of rotatable bonds is 9.